The lowest BCUT2D eigenvalue weighted by molar-refractivity contribution is 0.0950. The number of fused-ring (bicyclic) bond motifs is 2. The van der Waals surface area contributed by atoms with Crippen molar-refractivity contribution >= 4 is 45.6 Å². The first-order valence-corrected chi connectivity index (χ1v) is 14.3. The molecule has 4 aromatic rings. The van der Waals surface area contributed by atoms with E-state index in [2.05, 4.69) is 17.1 Å². The van der Waals surface area contributed by atoms with Gasteiger partial charge in [-0.1, -0.05) is 54.1 Å². The minimum atomic E-state index is -1.59. The molecule has 0 spiro atoms. The first-order valence-electron chi connectivity index (χ1n) is 12.8. The molecule has 1 aliphatic rings. The van der Waals surface area contributed by atoms with Gasteiger partial charge in [-0.2, -0.15) is 0 Å². The van der Waals surface area contributed by atoms with Crippen LogP contribution in [-0.4, -0.2) is 35.7 Å². The number of carbonyl (C=O) groups is 2. The zero-order valence-corrected chi connectivity index (χ0v) is 23.0. The average molecular weight is 558 g/mol. The van der Waals surface area contributed by atoms with Crippen LogP contribution in [0.2, 0.25) is 5.02 Å². The second-order valence-corrected chi connectivity index (χ2v) is 11.0. The van der Waals surface area contributed by atoms with Crippen LogP contribution in [0.15, 0.2) is 107 Å². The number of hydrogen-bond acceptors (Lipinski definition) is 4. The minimum Gasteiger partial charge on any atom is -0.370 e. The lowest BCUT2D eigenvalue weighted by atomic mass is 10.1. The Bertz CT molecular complexity index is 1540. The average Bonchev–Trinajstić information content (AvgIpc) is 3.05. The molecule has 0 aliphatic carbocycles. The first-order chi connectivity index (χ1) is 19.0. The molecule has 1 atom stereocenters. The van der Waals surface area contributed by atoms with E-state index in [4.69, 9.17) is 11.6 Å². The molecular formula is C31H28ClN3O3S. The zero-order valence-electron chi connectivity index (χ0n) is 21.5. The fourth-order valence-corrected chi connectivity index (χ4v) is 6.25. The summed E-state index contributed by atoms with van der Waals surface area (Å²) in [4.78, 5) is 31.7. The smallest absolute Gasteiger partial charge is 0.259 e. The van der Waals surface area contributed by atoms with Crippen molar-refractivity contribution in [2.24, 2.45) is 0 Å². The van der Waals surface area contributed by atoms with E-state index in [1.807, 2.05) is 42.5 Å². The lowest BCUT2D eigenvalue weighted by Gasteiger charge is -2.24. The minimum absolute atomic E-state index is 0.214. The number of likely N-dealkylation sites (N-methyl/N-ethyl adjacent to an activating group) is 1. The Hall–Kier alpha value is -3.94. The molecule has 8 heteroatoms. The third kappa shape index (κ3) is 5.75. The van der Waals surface area contributed by atoms with E-state index < -0.39 is 10.8 Å². The van der Waals surface area contributed by atoms with Gasteiger partial charge < -0.3 is 15.1 Å². The van der Waals surface area contributed by atoms with Gasteiger partial charge in [0.25, 0.3) is 11.8 Å². The van der Waals surface area contributed by atoms with Crippen molar-refractivity contribution in [2.75, 3.05) is 29.4 Å². The molecule has 1 heterocycles. The van der Waals surface area contributed by atoms with Crippen molar-refractivity contribution in [3.63, 3.8) is 0 Å². The molecule has 39 heavy (non-hydrogen) atoms. The summed E-state index contributed by atoms with van der Waals surface area (Å²) in [6.45, 7) is 4.19. The van der Waals surface area contributed by atoms with Crippen molar-refractivity contribution in [3.8, 4) is 0 Å². The van der Waals surface area contributed by atoms with Crippen molar-refractivity contribution in [1.29, 1.82) is 0 Å². The number of nitrogens with one attached hydrogen (secondary N) is 1. The first kappa shape index (κ1) is 26.7. The van der Waals surface area contributed by atoms with Crippen molar-refractivity contribution in [3.05, 3.63) is 119 Å². The van der Waals surface area contributed by atoms with Crippen LogP contribution in [-0.2, 0) is 17.3 Å². The molecule has 0 radical (unpaired) electrons. The van der Waals surface area contributed by atoms with Gasteiger partial charge in [0.15, 0.2) is 0 Å². The van der Waals surface area contributed by atoms with Gasteiger partial charge in [-0.15, -0.1) is 0 Å². The van der Waals surface area contributed by atoms with Gasteiger partial charge in [0.2, 0.25) is 0 Å². The highest BCUT2D eigenvalue weighted by Crippen LogP contribution is 2.36. The molecular weight excluding hydrogens is 530 g/mol. The maximum absolute atomic E-state index is 13.8. The summed E-state index contributed by atoms with van der Waals surface area (Å²) in [6.07, 6.45) is 0. The van der Waals surface area contributed by atoms with E-state index in [0.29, 0.717) is 44.7 Å². The summed E-state index contributed by atoms with van der Waals surface area (Å²) in [5.74, 6) is -0.540. The molecule has 1 aliphatic heterocycles. The Balaban J connectivity index is 1.43. The molecule has 0 saturated carbocycles. The predicted molar refractivity (Wildman–Crippen MR) is 156 cm³/mol. The maximum atomic E-state index is 13.8. The Morgan fingerprint density at radius 2 is 1.69 bits per heavy atom. The number of amides is 2. The van der Waals surface area contributed by atoms with Crippen molar-refractivity contribution in [2.45, 2.75) is 23.3 Å². The van der Waals surface area contributed by atoms with E-state index >= 15 is 0 Å². The number of nitrogens with zero attached hydrogens (tertiary/aromatic N) is 2. The van der Waals surface area contributed by atoms with Gasteiger partial charge >= 0.3 is 0 Å². The zero-order chi connectivity index (χ0) is 27.4. The van der Waals surface area contributed by atoms with E-state index in [1.165, 1.54) is 0 Å². The SMILES string of the molecule is CCN(CCNC(=O)c1ccc2c(c1)N(Cc1cccc(Cl)c1)C(=O)c1ccccc1S2=O)c1ccccc1. The summed E-state index contributed by atoms with van der Waals surface area (Å²) in [5, 5.41) is 3.55. The number of para-hydroxylation sites is 1. The van der Waals surface area contributed by atoms with Gasteiger partial charge in [0.05, 0.1) is 38.4 Å². The van der Waals surface area contributed by atoms with Crippen molar-refractivity contribution in [1.82, 2.24) is 5.32 Å². The van der Waals surface area contributed by atoms with E-state index in [1.54, 1.807) is 59.5 Å². The summed E-state index contributed by atoms with van der Waals surface area (Å²) >= 11 is 6.21. The summed E-state index contributed by atoms with van der Waals surface area (Å²) in [7, 11) is -1.59. The Labute approximate surface area is 235 Å². The summed E-state index contributed by atoms with van der Waals surface area (Å²) in [6, 6.07) is 29.3. The third-order valence-corrected chi connectivity index (χ3v) is 8.41. The largest absolute Gasteiger partial charge is 0.370 e. The Morgan fingerprint density at radius 1 is 0.923 bits per heavy atom. The van der Waals surface area contributed by atoms with Crippen LogP contribution < -0.4 is 15.1 Å². The monoisotopic (exact) mass is 557 g/mol. The standard InChI is InChI=1S/C31H28ClN3O3S/c1-2-34(25-11-4-3-5-12-25)18-17-33-30(36)23-15-16-29-27(20-23)35(21-22-9-8-10-24(32)19-22)31(37)26-13-6-7-14-28(26)39(29)38/h3-16,19-20H,2,17-18,21H2,1H3,(H,33,36). The van der Waals surface area contributed by atoms with Gasteiger partial charge in [0, 0.05) is 35.9 Å². The number of rotatable bonds is 8. The number of hydrogen-bond donors (Lipinski definition) is 1. The molecule has 5 rings (SSSR count). The molecule has 2 amide bonds. The van der Waals surface area contributed by atoms with Crippen LogP contribution in [0, 0.1) is 0 Å². The fourth-order valence-electron chi connectivity index (χ4n) is 4.69. The quantitative estimate of drug-likeness (QED) is 0.292. The van der Waals surface area contributed by atoms with Crippen molar-refractivity contribution < 1.29 is 13.8 Å². The molecule has 1 unspecified atom stereocenters. The highest BCUT2D eigenvalue weighted by Gasteiger charge is 2.31. The van der Waals surface area contributed by atoms with Crippen LogP contribution in [0.25, 0.3) is 0 Å². The highest BCUT2D eigenvalue weighted by atomic mass is 35.5. The number of anilines is 2. The molecule has 0 saturated heterocycles. The summed E-state index contributed by atoms with van der Waals surface area (Å²) in [5.41, 5.74) is 3.13. The van der Waals surface area contributed by atoms with Crippen LogP contribution in [0.1, 0.15) is 33.2 Å². The molecule has 0 bridgehead atoms. The lowest BCUT2D eigenvalue weighted by Crippen LogP contribution is -2.35. The van der Waals surface area contributed by atoms with Crippen LogP contribution in [0.5, 0.6) is 0 Å². The number of halogens is 1. The molecule has 198 valence electrons. The Kier molecular flexibility index (Phi) is 8.10. The van der Waals surface area contributed by atoms with Crippen LogP contribution in [0.4, 0.5) is 11.4 Å². The molecule has 6 nitrogen and oxygen atoms in total. The molecule has 0 aromatic heterocycles. The van der Waals surface area contributed by atoms with Gasteiger partial charge in [0.1, 0.15) is 0 Å². The molecule has 0 fully saturated rings. The van der Waals surface area contributed by atoms with E-state index in [-0.39, 0.29) is 18.4 Å². The van der Waals surface area contributed by atoms with Gasteiger partial charge in [-0.3, -0.25) is 9.59 Å². The predicted octanol–water partition coefficient (Wildman–Crippen LogP) is 5.92. The topological polar surface area (TPSA) is 69.7 Å². The highest BCUT2D eigenvalue weighted by molar-refractivity contribution is 7.85. The Morgan fingerprint density at radius 3 is 2.46 bits per heavy atom. The molecule has 1 N–H and O–H groups in total. The van der Waals surface area contributed by atoms with Gasteiger partial charge in [-0.05, 0) is 67.1 Å². The van der Waals surface area contributed by atoms with E-state index in [0.717, 1.165) is 17.8 Å². The normalized spacial score (nSPS) is 14.3. The second-order valence-electron chi connectivity index (χ2n) is 9.14. The maximum Gasteiger partial charge on any atom is 0.259 e. The summed E-state index contributed by atoms with van der Waals surface area (Å²) < 4.78 is 13.6. The van der Waals surface area contributed by atoms with Gasteiger partial charge in [-0.25, -0.2) is 4.21 Å². The van der Waals surface area contributed by atoms with Crippen LogP contribution >= 0.6 is 11.6 Å². The fraction of sp³-hybridized carbons (Fsp3) is 0.161. The number of benzene rings is 4. The number of carbonyl (C=O) groups excluding carboxylic acids is 2. The van der Waals surface area contributed by atoms with E-state index in [9.17, 15) is 13.8 Å². The second kappa shape index (κ2) is 11.8. The third-order valence-electron chi connectivity index (χ3n) is 6.67. The molecule has 4 aromatic carbocycles. The van der Waals surface area contributed by atoms with Crippen LogP contribution in [0.3, 0.4) is 0 Å².